The normalized spacial score (nSPS) is 19.5. The third-order valence-corrected chi connectivity index (χ3v) is 2.37. The third-order valence-electron chi connectivity index (χ3n) is 2.09. The fourth-order valence-corrected chi connectivity index (χ4v) is 1.67. The fraction of sp³-hybridized carbons (Fsp3) is 0.333. The molecule has 0 fully saturated rings. The molecule has 3 nitrogen and oxygen atoms in total. The largest absolute Gasteiger partial charge is 0.497 e. The molecule has 0 amide bonds. The van der Waals surface area contributed by atoms with E-state index in [-0.39, 0.29) is 6.04 Å². The molecule has 1 heterocycles. The molecule has 0 saturated heterocycles. The Kier molecular flexibility index (Phi) is 2.06. The molecule has 1 atom stereocenters. The zero-order valence-corrected chi connectivity index (χ0v) is 7.97. The van der Waals surface area contributed by atoms with Crippen LogP contribution in [0.2, 0.25) is 5.02 Å². The van der Waals surface area contributed by atoms with E-state index in [1.807, 2.05) is 6.07 Å². The Morgan fingerprint density at radius 1 is 1.62 bits per heavy atom. The number of ether oxygens (including phenoxy) is 2. The molecule has 0 unspecified atom stereocenters. The summed E-state index contributed by atoms with van der Waals surface area (Å²) in [5.74, 6) is 1.40. The molecule has 0 radical (unpaired) electrons. The summed E-state index contributed by atoms with van der Waals surface area (Å²) < 4.78 is 10.4. The highest BCUT2D eigenvalue weighted by Crippen LogP contribution is 2.40. The number of benzene rings is 1. The highest BCUT2D eigenvalue weighted by Gasteiger charge is 2.24. The molecule has 0 aliphatic carbocycles. The Morgan fingerprint density at radius 3 is 3.08 bits per heavy atom. The molecule has 1 aromatic carbocycles. The van der Waals surface area contributed by atoms with Crippen LogP contribution >= 0.6 is 11.6 Å². The number of fused-ring (bicyclic) bond motifs is 1. The van der Waals surface area contributed by atoms with Gasteiger partial charge in [-0.1, -0.05) is 11.6 Å². The van der Waals surface area contributed by atoms with Crippen LogP contribution in [0.4, 0.5) is 0 Å². The molecule has 0 bridgehead atoms. The first-order chi connectivity index (χ1) is 6.22. The predicted octanol–water partition coefficient (Wildman–Crippen LogP) is 1.74. The van der Waals surface area contributed by atoms with Gasteiger partial charge in [-0.25, -0.2) is 0 Å². The van der Waals surface area contributed by atoms with Crippen molar-refractivity contribution in [2.75, 3.05) is 13.7 Å². The van der Waals surface area contributed by atoms with Gasteiger partial charge in [-0.15, -0.1) is 0 Å². The minimum absolute atomic E-state index is 0.0948. The van der Waals surface area contributed by atoms with Crippen molar-refractivity contribution in [1.29, 1.82) is 0 Å². The van der Waals surface area contributed by atoms with Crippen molar-refractivity contribution in [3.05, 3.63) is 22.7 Å². The van der Waals surface area contributed by atoms with Gasteiger partial charge in [0, 0.05) is 11.6 Å². The molecule has 2 N–H and O–H groups in total. The molecular weight excluding hydrogens is 190 g/mol. The smallest absolute Gasteiger partial charge is 0.143 e. The Morgan fingerprint density at radius 2 is 2.38 bits per heavy atom. The lowest BCUT2D eigenvalue weighted by atomic mass is 10.1. The summed E-state index contributed by atoms with van der Waals surface area (Å²) in [6.07, 6.45) is 0. The van der Waals surface area contributed by atoms with E-state index in [2.05, 4.69) is 0 Å². The van der Waals surface area contributed by atoms with Gasteiger partial charge in [-0.3, -0.25) is 0 Å². The number of nitrogens with two attached hydrogens (primary N) is 1. The first kappa shape index (κ1) is 8.66. The molecular formula is C9H10ClNO2. The van der Waals surface area contributed by atoms with Crippen molar-refractivity contribution < 1.29 is 9.47 Å². The second-order valence-corrected chi connectivity index (χ2v) is 3.35. The van der Waals surface area contributed by atoms with Crippen LogP contribution in [0.5, 0.6) is 11.5 Å². The van der Waals surface area contributed by atoms with Gasteiger partial charge >= 0.3 is 0 Å². The van der Waals surface area contributed by atoms with Gasteiger partial charge in [0.2, 0.25) is 0 Å². The number of rotatable bonds is 1. The Bertz CT molecular complexity index is 341. The Labute approximate surface area is 81.4 Å². The van der Waals surface area contributed by atoms with Crippen LogP contribution in [-0.2, 0) is 0 Å². The average Bonchev–Trinajstić information content (AvgIpc) is 2.48. The van der Waals surface area contributed by atoms with Crippen molar-refractivity contribution >= 4 is 11.6 Å². The summed E-state index contributed by atoms with van der Waals surface area (Å²) in [5.41, 5.74) is 6.72. The second-order valence-electron chi connectivity index (χ2n) is 2.95. The highest BCUT2D eigenvalue weighted by atomic mass is 35.5. The van der Waals surface area contributed by atoms with Crippen LogP contribution in [-0.4, -0.2) is 13.7 Å². The lowest BCUT2D eigenvalue weighted by Gasteiger charge is -2.06. The summed E-state index contributed by atoms with van der Waals surface area (Å²) >= 11 is 5.96. The van der Waals surface area contributed by atoms with Crippen LogP contribution in [0.15, 0.2) is 12.1 Å². The summed E-state index contributed by atoms with van der Waals surface area (Å²) in [6.45, 7) is 0.488. The van der Waals surface area contributed by atoms with E-state index in [4.69, 9.17) is 26.8 Å². The van der Waals surface area contributed by atoms with Crippen molar-refractivity contribution in [3.8, 4) is 11.5 Å². The van der Waals surface area contributed by atoms with Crippen LogP contribution < -0.4 is 15.2 Å². The summed E-state index contributed by atoms with van der Waals surface area (Å²) in [6, 6.07) is 3.49. The summed E-state index contributed by atoms with van der Waals surface area (Å²) in [7, 11) is 1.60. The zero-order chi connectivity index (χ0) is 9.42. The molecule has 0 aromatic heterocycles. The molecule has 4 heteroatoms. The summed E-state index contributed by atoms with van der Waals surface area (Å²) in [4.78, 5) is 0. The first-order valence-corrected chi connectivity index (χ1v) is 4.36. The van der Waals surface area contributed by atoms with Crippen molar-refractivity contribution in [2.45, 2.75) is 6.04 Å². The fourth-order valence-electron chi connectivity index (χ4n) is 1.40. The lowest BCUT2D eigenvalue weighted by molar-refractivity contribution is 0.333. The zero-order valence-electron chi connectivity index (χ0n) is 7.21. The molecule has 0 spiro atoms. The third kappa shape index (κ3) is 1.34. The SMILES string of the molecule is COc1cc(Cl)c2c(c1)[C@@H](N)CO2. The van der Waals surface area contributed by atoms with E-state index in [9.17, 15) is 0 Å². The van der Waals surface area contributed by atoms with Gasteiger partial charge in [-0.05, 0) is 6.07 Å². The van der Waals surface area contributed by atoms with Gasteiger partial charge in [0.25, 0.3) is 0 Å². The topological polar surface area (TPSA) is 44.5 Å². The molecule has 1 aliphatic heterocycles. The van der Waals surface area contributed by atoms with Gasteiger partial charge in [-0.2, -0.15) is 0 Å². The van der Waals surface area contributed by atoms with Crippen LogP contribution in [0.25, 0.3) is 0 Å². The quantitative estimate of drug-likeness (QED) is 0.750. The maximum absolute atomic E-state index is 5.96. The molecule has 1 aromatic rings. The molecule has 70 valence electrons. The summed E-state index contributed by atoms with van der Waals surface area (Å²) in [5, 5.41) is 0.558. The Balaban J connectivity index is 2.53. The molecule has 13 heavy (non-hydrogen) atoms. The molecule has 2 rings (SSSR count). The van der Waals surface area contributed by atoms with Gasteiger partial charge < -0.3 is 15.2 Å². The van der Waals surface area contributed by atoms with Crippen molar-refractivity contribution in [3.63, 3.8) is 0 Å². The minimum atomic E-state index is -0.0948. The monoisotopic (exact) mass is 199 g/mol. The van der Waals surface area contributed by atoms with Crippen LogP contribution in [0.3, 0.4) is 0 Å². The van der Waals surface area contributed by atoms with Gasteiger partial charge in [0.1, 0.15) is 18.1 Å². The number of hydrogen-bond acceptors (Lipinski definition) is 3. The van der Waals surface area contributed by atoms with E-state index in [0.29, 0.717) is 23.1 Å². The number of methoxy groups -OCH3 is 1. The van der Waals surface area contributed by atoms with Crippen LogP contribution in [0, 0.1) is 0 Å². The molecule has 1 aliphatic rings. The van der Waals surface area contributed by atoms with Crippen molar-refractivity contribution in [1.82, 2.24) is 0 Å². The van der Waals surface area contributed by atoms with E-state index in [0.717, 1.165) is 5.56 Å². The van der Waals surface area contributed by atoms with E-state index < -0.39 is 0 Å². The lowest BCUT2D eigenvalue weighted by Crippen LogP contribution is -2.10. The van der Waals surface area contributed by atoms with Gasteiger partial charge in [0.15, 0.2) is 0 Å². The van der Waals surface area contributed by atoms with Crippen LogP contribution in [0.1, 0.15) is 11.6 Å². The average molecular weight is 200 g/mol. The van der Waals surface area contributed by atoms with E-state index in [1.165, 1.54) is 0 Å². The molecule has 0 saturated carbocycles. The second kappa shape index (κ2) is 3.09. The predicted molar refractivity (Wildman–Crippen MR) is 50.4 cm³/mol. The van der Waals surface area contributed by atoms with E-state index in [1.54, 1.807) is 13.2 Å². The minimum Gasteiger partial charge on any atom is -0.497 e. The highest BCUT2D eigenvalue weighted by molar-refractivity contribution is 6.32. The number of halogens is 1. The standard InChI is InChI=1S/C9H10ClNO2/c1-12-5-2-6-8(11)4-13-9(6)7(10)3-5/h2-3,8H,4,11H2,1H3/t8-/m0/s1. The first-order valence-electron chi connectivity index (χ1n) is 3.98. The van der Waals surface area contributed by atoms with E-state index >= 15 is 0 Å². The maximum atomic E-state index is 5.96. The van der Waals surface area contributed by atoms with Crippen molar-refractivity contribution in [2.24, 2.45) is 5.73 Å². The van der Waals surface area contributed by atoms with Gasteiger partial charge in [0.05, 0.1) is 18.2 Å². The number of hydrogen-bond donors (Lipinski definition) is 1. The Hall–Kier alpha value is -0.930. The maximum Gasteiger partial charge on any atom is 0.143 e.